The van der Waals surface area contributed by atoms with Crippen LogP contribution in [0.1, 0.15) is 55.0 Å². The van der Waals surface area contributed by atoms with Gasteiger partial charge in [0.2, 0.25) is 0 Å². The minimum absolute atomic E-state index is 0.215. The van der Waals surface area contributed by atoms with Crippen LogP contribution in [0, 0.1) is 5.41 Å². The van der Waals surface area contributed by atoms with Crippen LogP contribution in [0.3, 0.4) is 0 Å². The molecule has 4 N–H and O–H groups in total. The van der Waals surface area contributed by atoms with E-state index in [4.69, 9.17) is 5.73 Å². The molecule has 0 saturated heterocycles. The minimum atomic E-state index is -0.776. The van der Waals surface area contributed by atoms with Crippen LogP contribution in [0.2, 0.25) is 0 Å². The van der Waals surface area contributed by atoms with E-state index in [1.54, 1.807) is 5.38 Å². The summed E-state index contributed by atoms with van der Waals surface area (Å²) in [7, 11) is 0. The van der Waals surface area contributed by atoms with Crippen molar-refractivity contribution in [1.29, 1.82) is 0 Å². The van der Waals surface area contributed by atoms with Crippen LogP contribution in [0.15, 0.2) is 5.38 Å². The molecule has 2 rings (SSSR count). The van der Waals surface area contributed by atoms with Crippen LogP contribution in [0.25, 0.3) is 0 Å². The van der Waals surface area contributed by atoms with Crippen molar-refractivity contribution in [3.05, 3.63) is 16.1 Å². The largest absolute Gasteiger partial charge is 0.388 e. The zero-order valence-electron chi connectivity index (χ0n) is 12.8. The lowest BCUT2D eigenvalue weighted by Gasteiger charge is -2.40. The van der Waals surface area contributed by atoms with Crippen molar-refractivity contribution in [3.8, 4) is 0 Å². The van der Waals surface area contributed by atoms with Crippen molar-refractivity contribution in [2.45, 2.75) is 51.6 Å². The number of rotatable bonds is 5. The topological polar surface area (TPSA) is 88.2 Å². The normalized spacial score (nSPS) is 20.2. The molecular weight excluding hydrogens is 286 g/mol. The maximum absolute atomic E-state index is 12.1. The van der Waals surface area contributed by atoms with Crippen molar-refractivity contribution in [1.82, 2.24) is 10.3 Å². The van der Waals surface area contributed by atoms with Gasteiger partial charge in [-0.05, 0) is 37.6 Å². The van der Waals surface area contributed by atoms with E-state index in [9.17, 15) is 9.90 Å². The molecule has 1 aromatic rings. The van der Waals surface area contributed by atoms with Crippen LogP contribution in [-0.2, 0) is 6.42 Å². The van der Waals surface area contributed by atoms with Gasteiger partial charge in [0.25, 0.3) is 5.91 Å². The second-order valence-corrected chi connectivity index (χ2v) is 7.68. The molecule has 1 aliphatic rings. The fraction of sp³-hybridized carbons (Fsp3) is 0.733. The number of nitrogens with one attached hydrogen (secondary N) is 1. The number of amides is 1. The SMILES string of the molecule is CC1(C)CCC(O)(CNC(=O)c2csc(CCN)n2)CC1. The van der Waals surface area contributed by atoms with Crippen molar-refractivity contribution in [2.75, 3.05) is 13.1 Å². The molecule has 1 saturated carbocycles. The number of aromatic nitrogens is 1. The highest BCUT2D eigenvalue weighted by Crippen LogP contribution is 2.39. The minimum Gasteiger partial charge on any atom is -0.388 e. The number of hydrogen-bond donors (Lipinski definition) is 3. The quantitative estimate of drug-likeness (QED) is 0.772. The van der Waals surface area contributed by atoms with Gasteiger partial charge in [0.1, 0.15) is 5.69 Å². The summed E-state index contributed by atoms with van der Waals surface area (Å²) in [5, 5.41) is 16.0. The molecular formula is C15H25N3O2S. The Balaban J connectivity index is 1.85. The van der Waals surface area contributed by atoms with Gasteiger partial charge in [-0.2, -0.15) is 0 Å². The van der Waals surface area contributed by atoms with Crippen molar-refractivity contribution in [2.24, 2.45) is 11.1 Å². The van der Waals surface area contributed by atoms with Gasteiger partial charge in [0.15, 0.2) is 0 Å². The summed E-state index contributed by atoms with van der Waals surface area (Å²) in [6.45, 7) is 5.27. The summed E-state index contributed by atoms with van der Waals surface area (Å²) in [5.41, 5.74) is 5.41. The molecule has 21 heavy (non-hydrogen) atoms. The Morgan fingerprint density at radius 1 is 1.43 bits per heavy atom. The predicted octanol–water partition coefficient (Wildman–Crippen LogP) is 1.71. The van der Waals surface area contributed by atoms with E-state index in [1.165, 1.54) is 11.3 Å². The van der Waals surface area contributed by atoms with Gasteiger partial charge < -0.3 is 16.2 Å². The molecule has 0 aromatic carbocycles. The maximum Gasteiger partial charge on any atom is 0.270 e. The molecule has 0 radical (unpaired) electrons. The highest BCUT2D eigenvalue weighted by molar-refractivity contribution is 7.09. The molecule has 0 spiro atoms. The van der Waals surface area contributed by atoms with E-state index in [-0.39, 0.29) is 5.91 Å². The molecule has 0 unspecified atom stereocenters. The highest BCUT2D eigenvalue weighted by Gasteiger charge is 2.36. The van der Waals surface area contributed by atoms with Gasteiger partial charge in [0.05, 0.1) is 10.6 Å². The summed E-state index contributed by atoms with van der Waals surface area (Å²) < 4.78 is 0. The van der Waals surface area contributed by atoms with Crippen LogP contribution in [0.4, 0.5) is 0 Å². The van der Waals surface area contributed by atoms with Crippen LogP contribution < -0.4 is 11.1 Å². The molecule has 5 nitrogen and oxygen atoms in total. The number of hydrogen-bond acceptors (Lipinski definition) is 5. The molecule has 1 fully saturated rings. The van der Waals surface area contributed by atoms with E-state index in [1.807, 2.05) is 0 Å². The van der Waals surface area contributed by atoms with Gasteiger partial charge in [-0.25, -0.2) is 4.98 Å². The molecule has 1 amide bonds. The number of carbonyl (C=O) groups is 1. The maximum atomic E-state index is 12.1. The first-order valence-corrected chi connectivity index (χ1v) is 8.37. The van der Waals surface area contributed by atoms with Gasteiger partial charge in [-0.15, -0.1) is 11.3 Å². The Hall–Kier alpha value is -0.980. The zero-order valence-corrected chi connectivity index (χ0v) is 13.6. The number of nitrogens with zero attached hydrogens (tertiary/aromatic N) is 1. The third kappa shape index (κ3) is 4.49. The monoisotopic (exact) mass is 311 g/mol. The first-order chi connectivity index (χ1) is 9.84. The fourth-order valence-corrected chi connectivity index (χ4v) is 3.35. The van der Waals surface area contributed by atoms with Gasteiger partial charge in [-0.3, -0.25) is 4.79 Å². The Kier molecular flexibility index (Phi) is 5.01. The Morgan fingerprint density at radius 2 is 2.10 bits per heavy atom. The molecule has 0 aliphatic heterocycles. The summed E-state index contributed by atoms with van der Waals surface area (Å²) in [4.78, 5) is 16.3. The van der Waals surface area contributed by atoms with E-state index >= 15 is 0 Å². The molecule has 1 heterocycles. The first-order valence-electron chi connectivity index (χ1n) is 7.49. The van der Waals surface area contributed by atoms with E-state index in [0.717, 1.165) is 30.7 Å². The van der Waals surface area contributed by atoms with Gasteiger partial charge in [-0.1, -0.05) is 13.8 Å². The van der Waals surface area contributed by atoms with Gasteiger partial charge in [0, 0.05) is 18.3 Å². The number of carbonyl (C=O) groups excluding carboxylic acids is 1. The lowest BCUT2D eigenvalue weighted by molar-refractivity contribution is -0.0233. The number of nitrogens with two attached hydrogens (primary N) is 1. The smallest absolute Gasteiger partial charge is 0.270 e. The first kappa shape index (κ1) is 16.4. The van der Waals surface area contributed by atoms with E-state index < -0.39 is 5.60 Å². The Bertz CT molecular complexity index is 489. The Labute approximate surface area is 130 Å². The average Bonchev–Trinajstić information content (AvgIpc) is 2.90. The third-order valence-corrected chi connectivity index (χ3v) is 5.16. The molecule has 0 bridgehead atoms. The third-order valence-electron chi connectivity index (χ3n) is 4.25. The lowest BCUT2D eigenvalue weighted by Crippen LogP contribution is -2.46. The van der Waals surface area contributed by atoms with E-state index in [0.29, 0.717) is 30.6 Å². The van der Waals surface area contributed by atoms with Crippen molar-refractivity contribution >= 4 is 17.2 Å². The standard InChI is InChI=1S/C15H25N3O2S/c1-14(2)4-6-15(20,7-5-14)10-17-13(19)11-9-21-12(18-11)3-8-16/h9,20H,3-8,10,16H2,1-2H3,(H,17,19). The predicted molar refractivity (Wildman–Crippen MR) is 84.4 cm³/mol. The number of aliphatic hydroxyl groups is 1. The molecule has 6 heteroatoms. The number of thiazole rings is 1. The summed E-state index contributed by atoms with van der Waals surface area (Å²) in [6, 6.07) is 0. The summed E-state index contributed by atoms with van der Waals surface area (Å²) in [5.74, 6) is -0.215. The fourth-order valence-electron chi connectivity index (χ4n) is 2.56. The molecule has 1 aromatic heterocycles. The van der Waals surface area contributed by atoms with Crippen LogP contribution >= 0.6 is 11.3 Å². The average molecular weight is 311 g/mol. The zero-order chi connectivity index (χ0) is 15.5. The summed E-state index contributed by atoms with van der Waals surface area (Å²) in [6.07, 6.45) is 4.12. The van der Waals surface area contributed by atoms with Crippen molar-refractivity contribution in [3.63, 3.8) is 0 Å². The molecule has 0 atom stereocenters. The van der Waals surface area contributed by atoms with Crippen molar-refractivity contribution < 1.29 is 9.90 Å². The second-order valence-electron chi connectivity index (χ2n) is 6.74. The van der Waals surface area contributed by atoms with E-state index in [2.05, 4.69) is 24.1 Å². The molecule has 1 aliphatic carbocycles. The van der Waals surface area contributed by atoms with Gasteiger partial charge >= 0.3 is 0 Å². The summed E-state index contributed by atoms with van der Waals surface area (Å²) >= 11 is 1.45. The molecule has 118 valence electrons. The second kappa shape index (κ2) is 6.42. The highest BCUT2D eigenvalue weighted by atomic mass is 32.1. The lowest BCUT2D eigenvalue weighted by atomic mass is 9.71. The van der Waals surface area contributed by atoms with Crippen LogP contribution in [-0.4, -0.2) is 34.7 Å². The Morgan fingerprint density at radius 3 is 2.71 bits per heavy atom. The van der Waals surface area contributed by atoms with Crippen LogP contribution in [0.5, 0.6) is 0 Å².